The van der Waals surface area contributed by atoms with E-state index in [4.69, 9.17) is 11.6 Å². The largest absolute Gasteiger partial charge is 0.293 e. The van der Waals surface area contributed by atoms with Gasteiger partial charge in [-0.3, -0.25) is 9.36 Å². The van der Waals surface area contributed by atoms with Crippen molar-refractivity contribution in [1.29, 1.82) is 0 Å². The zero-order valence-corrected chi connectivity index (χ0v) is 19.7. The lowest BCUT2D eigenvalue weighted by molar-refractivity contribution is 0.102. The van der Waals surface area contributed by atoms with Crippen LogP contribution in [0.5, 0.6) is 0 Å². The molecule has 0 fully saturated rings. The van der Waals surface area contributed by atoms with Gasteiger partial charge in [0.25, 0.3) is 0 Å². The van der Waals surface area contributed by atoms with Gasteiger partial charge in [0.2, 0.25) is 0 Å². The van der Waals surface area contributed by atoms with E-state index in [1.54, 1.807) is 0 Å². The van der Waals surface area contributed by atoms with Crippen LogP contribution in [-0.2, 0) is 0 Å². The molecule has 0 aliphatic rings. The molecule has 0 spiro atoms. The van der Waals surface area contributed by atoms with Gasteiger partial charge in [0.15, 0.2) is 16.8 Å². The number of carbonyl (C=O) groups excluding carboxylic acids is 1. The molecule has 0 aliphatic carbocycles. The van der Waals surface area contributed by atoms with Crippen molar-refractivity contribution in [3.05, 3.63) is 120 Å². The van der Waals surface area contributed by atoms with E-state index in [1.165, 1.54) is 11.8 Å². The number of Topliss-reactive ketones (excluding diaryl/α,β-unsaturated/α-hetero) is 1. The van der Waals surface area contributed by atoms with Crippen LogP contribution in [0.4, 0.5) is 0 Å². The van der Waals surface area contributed by atoms with Crippen LogP contribution in [0.1, 0.15) is 10.4 Å². The Kier molecular flexibility index (Phi) is 6.56. The summed E-state index contributed by atoms with van der Waals surface area (Å²) in [7, 11) is 0. The highest BCUT2D eigenvalue weighted by Gasteiger charge is 2.18. The van der Waals surface area contributed by atoms with Gasteiger partial charge in [-0.05, 0) is 47.5 Å². The summed E-state index contributed by atoms with van der Waals surface area (Å²) < 4.78 is 1.97. The summed E-state index contributed by atoms with van der Waals surface area (Å²) in [4.78, 5) is 12.9. The zero-order valence-electron chi connectivity index (χ0n) is 18.1. The highest BCUT2D eigenvalue weighted by molar-refractivity contribution is 7.99. The molecule has 0 saturated carbocycles. The number of ketones is 1. The third-order valence-corrected chi connectivity index (χ3v) is 6.58. The van der Waals surface area contributed by atoms with Gasteiger partial charge in [-0.1, -0.05) is 96.2 Å². The van der Waals surface area contributed by atoms with Crippen LogP contribution in [0.15, 0.2) is 114 Å². The standard InChI is InChI=1S/C28H20ClN3OS/c29-24-17-15-23(16-18-24)27-30-31-28(32(27)25-9-5-2-6-10-25)34-19-26(33)22-13-11-21(12-14-22)20-7-3-1-4-8-20/h1-18H,19H2. The first-order chi connectivity index (χ1) is 16.7. The van der Waals surface area contributed by atoms with Gasteiger partial charge in [0.1, 0.15) is 0 Å². The predicted octanol–water partition coefficient (Wildman–Crippen LogP) is 7.23. The third kappa shape index (κ3) is 4.81. The molecule has 4 nitrogen and oxygen atoms in total. The molecule has 5 rings (SSSR count). The van der Waals surface area contributed by atoms with Gasteiger partial charge in [-0.2, -0.15) is 0 Å². The van der Waals surface area contributed by atoms with Crippen LogP contribution in [0.25, 0.3) is 28.2 Å². The second-order valence-electron chi connectivity index (χ2n) is 7.64. The summed E-state index contributed by atoms with van der Waals surface area (Å²) in [6.45, 7) is 0. The van der Waals surface area contributed by atoms with E-state index in [9.17, 15) is 4.79 Å². The first-order valence-corrected chi connectivity index (χ1v) is 12.1. The van der Waals surface area contributed by atoms with E-state index in [1.807, 2.05) is 102 Å². The van der Waals surface area contributed by atoms with Gasteiger partial charge < -0.3 is 0 Å². The Bertz CT molecular complexity index is 1400. The average Bonchev–Trinajstić information content (AvgIpc) is 3.33. The monoisotopic (exact) mass is 481 g/mol. The molecule has 34 heavy (non-hydrogen) atoms. The van der Waals surface area contributed by atoms with Crippen LogP contribution in [0.2, 0.25) is 5.02 Å². The van der Waals surface area contributed by atoms with Crippen LogP contribution >= 0.6 is 23.4 Å². The number of aromatic nitrogens is 3. The number of halogens is 1. The van der Waals surface area contributed by atoms with E-state index in [-0.39, 0.29) is 11.5 Å². The Morgan fingerprint density at radius 1 is 0.706 bits per heavy atom. The van der Waals surface area contributed by atoms with E-state index in [2.05, 4.69) is 22.3 Å². The molecule has 4 aromatic carbocycles. The van der Waals surface area contributed by atoms with Gasteiger partial charge >= 0.3 is 0 Å². The van der Waals surface area contributed by atoms with Crippen molar-refractivity contribution in [2.75, 3.05) is 5.75 Å². The lowest BCUT2D eigenvalue weighted by Gasteiger charge is -2.10. The lowest BCUT2D eigenvalue weighted by Crippen LogP contribution is -2.05. The molecule has 6 heteroatoms. The first kappa shape index (κ1) is 22.1. The fraction of sp³-hybridized carbons (Fsp3) is 0.0357. The predicted molar refractivity (Wildman–Crippen MR) is 139 cm³/mol. The molecule has 0 N–H and O–H groups in total. The number of rotatable bonds is 7. The van der Waals surface area contributed by atoms with Gasteiger partial charge in [0, 0.05) is 21.8 Å². The summed E-state index contributed by atoms with van der Waals surface area (Å²) in [5.74, 6) is 1.00. The van der Waals surface area contributed by atoms with Crippen molar-refractivity contribution in [2.24, 2.45) is 0 Å². The fourth-order valence-electron chi connectivity index (χ4n) is 3.65. The van der Waals surface area contributed by atoms with Gasteiger partial charge in [0.05, 0.1) is 5.75 Å². The Morgan fingerprint density at radius 2 is 1.29 bits per heavy atom. The third-order valence-electron chi connectivity index (χ3n) is 5.40. The molecule has 0 aliphatic heterocycles. The molecule has 1 aromatic heterocycles. The number of hydrogen-bond donors (Lipinski definition) is 0. The van der Waals surface area contributed by atoms with Crippen LogP contribution in [-0.4, -0.2) is 26.3 Å². The van der Waals surface area contributed by atoms with Crippen LogP contribution in [0, 0.1) is 0 Å². The summed E-state index contributed by atoms with van der Waals surface area (Å²) in [6, 6.07) is 35.2. The molecule has 0 atom stereocenters. The molecular formula is C28H20ClN3OS. The van der Waals surface area contributed by atoms with Crippen molar-refractivity contribution in [1.82, 2.24) is 14.8 Å². The number of para-hydroxylation sites is 1. The molecule has 0 amide bonds. The Labute approximate surface area is 207 Å². The lowest BCUT2D eigenvalue weighted by atomic mass is 10.0. The minimum atomic E-state index is 0.0419. The summed E-state index contributed by atoms with van der Waals surface area (Å²) in [5.41, 5.74) is 4.72. The maximum atomic E-state index is 12.9. The average molecular weight is 482 g/mol. The number of nitrogens with zero attached hydrogens (tertiary/aromatic N) is 3. The van der Waals surface area contributed by atoms with Crippen molar-refractivity contribution < 1.29 is 4.79 Å². The van der Waals surface area contributed by atoms with Gasteiger partial charge in [-0.25, -0.2) is 0 Å². The van der Waals surface area contributed by atoms with Crippen molar-refractivity contribution in [3.63, 3.8) is 0 Å². The maximum Gasteiger partial charge on any atom is 0.196 e. The van der Waals surface area contributed by atoms with Crippen molar-refractivity contribution in [3.8, 4) is 28.2 Å². The Balaban J connectivity index is 1.38. The van der Waals surface area contributed by atoms with Crippen LogP contribution in [0.3, 0.4) is 0 Å². The molecule has 0 unspecified atom stereocenters. The first-order valence-electron chi connectivity index (χ1n) is 10.8. The topological polar surface area (TPSA) is 47.8 Å². The zero-order chi connectivity index (χ0) is 23.3. The summed E-state index contributed by atoms with van der Waals surface area (Å²) >= 11 is 7.44. The minimum Gasteiger partial charge on any atom is -0.293 e. The maximum absolute atomic E-state index is 12.9. The van der Waals surface area contributed by atoms with Crippen molar-refractivity contribution >= 4 is 29.1 Å². The summed E-state index contributed by atoms with van der Waals surface area (Å²) in [5, 5.41) is 10.1. The highest BCUT2D eigenvalue weighted by Crippen LogP contribution is 2.29. The Hall–Kier alpha value is -3.67. The molecular weight excluding hydrogens is 462 g/mol. The molecule has 0 radical (unpaired) electrons. The van der Waals surface area contributed by atoms with Gasteiger partial charge in [-0.15, -0.1) is 10.2 Å². The van der Waals surface area contributed by atoms with E-state index < -0.39 is 0 Å². The Morgan fingerprint density at radius 3 is 1.97 bits per heavy atom. The number of hydrogen-bond acceptors (Lipinski definition) is 4. The number of carbonyl (C=O) groups is 1. The van der Waals surface area contributed by atoms with E-state index in [0.29, 0.717) is 21.6 Å². The van der Waals surface area contributed by atoms with Crippen LogP contribution < -0.4 is 0 Å². The molecule has 0 saturated heterocycles. The summed E-state index contributed by atoms with van der Waals surface area (Å²) in [6.07, 6.45) is 0. The minimum absolute atomic E-state index is 0.0419. The second-order valence-corrected chi connectivity index (χ2v) is 9.02. The highest BCUT2D eigenvalue weighted by atomic mass is 35.5. The smallest absolute Gasteiger partial charge is 0.196 e. The SMILES string of the molecule is O=C(CSc1nnc(-c2ccc(Cl)cc2)n1-c1ccccc1)c1ccc(-c2ccccc2)cc1. The van der Waals surface area contributed by atoms with E-state index >= 15 is 0 Å². The fourth-order valence-corrected chi connectivity index (χ4v) is 4.62. The second kappa shape index (κ2) is 10.1. The molecule has 5 aromatic rings. The quantitative estimate of drug-likeness (QED) is 0.182. The van der Waals surface area contributed by atoms with E-state index in [0.717, 1.165) is 22.4 Å². The molecule has 166 valence electrons. The number of benzene rings is 4. The molecule has 1 heterocycles. The van der Waals surface area contributed by atoms with Crippen molar-refractivity contribution in [2.45, 2.75) is 5.16 Å². The normalized spacial score (nSPS) is 10.9. The number of thioether (sulfide) groups is 1. The molecule has 0 bridgehead atoms.